The molecule has 2 aliphatic rings. The van der Waals surface area contributed by atoms with Crippen LogP contribution in [0.15, 0.2) is 51.4 Å². The fourth-order valence-corrected chi connectivity index (χ4v) is 5.25. The van der Waals surface area contributed by atoms with E-state index in [-0.39, 0.29) is 17.9 Å². The molecule has 5 rings (SSSR count). The molecule has 0 bridgehead atoms. The van der Waals surface area contributed by atoms with E-state index in [0.29, 0.717) is 6.01 Å². The van der Waals surface area contributed by atoms with Gasteiger partial charge in [0, 0.05) is 35.6 Å². The molecule has 1 atom stereocenters. The Bertz CT molecular complexity index is 1060. The first-order valence-electron chi connectivity index (χ1n) is 10.9. The van der Waals surface area contributed by atoms with E-state index in [0.717, 1.165) is 72.2 Å². The van der Waals surface area contributed by atoms with Gasteiger partial charge in [-0.15, -0.1) is 0 Å². The number of likely N-dealkylation sites (tertiary alicyclic amines) is 1. The van der Waals surface area contributed by atoms with Crippen molar-refractivity contribution in [3.63, 3.8) is 0 Å². The number of aromatic nitrogens is 1. The van der Waals surface area contributed by atoms with Gasteiger partial charge in [0.15, 0.2) is 5.58 Å². The summed E-state index contributed by atoms with van der Waals surface area (Å²) >= 11 is 3.57. The average Bonchev–Trinajstić information content (AvgIpc) is 3.46. The van der Waals surface area contributed by atoms with Crippen LogP contribution in [-0.2, 0) is 4.79 Å². The molecule has 31 heavy (non-hydrogen) atoms. The Balaban J connectivity index is 1.28. The molecule has 1 aromatic heterocycles. The summed E-state index contributed by atoms with van der Waals surface area (Å²) in [7, 11) is 1.69. The summed E-state index contributed by atoms with van der Waals surface area (Å²) < 4.78 is 12.5. The van der Waals surface area contributed by atoms with Gasteiger partial charge in [0.1, 0.15) is 11.3 Å². The largest absolute Gasteiger partial charge is 0.496 e. The fourth-order valence-electron chi connectivity index (χ4n) is 4.87. The number of benzene rings is 2. The third-order valence-corrected chi connectivity index (χ3v) is 6.98. The van der Waals surface area contributed by atoms with Crippen molar-refractivity contribution in [3.8, 4) is 5.75 Å². The number of hydrogen-bond acceptors (Lipinski definition) is 5. The molecule has 6 nitrogen and oxygen atoms in total. The van der Waals surface area contributed by atoms with Gasteiger partial charge < -0.3 is 19.0 Å². The molecular weight excluding hydrogens is 458 g/mol. The molecule has 2 fully saturated rings. The standard InChI is InChI=1S/C24H26BrN3O3/c1-30-21-9-8-17(25)15-18(21)20-6-4-12-28(20)23(29)16-10-13-27(14-11-16)24-26-19-5-2-3-7-22(19)31-24/h2-3,5,7-9,15-16,20H,4,6,10-14H2,1H3/t20-/m0/s1. The van der Waals surface area contributed by atoms with Crippen molar-refractivity contribution in [3.05, 3.63) is 52.5 Å². The maximum Gasteiger partial charge on any atom is 0.298 e. The molecule has 3 aromatic rings. The van der Waals surface area contributed by atoms with Crippen LogP contribution in [0.2, 0.25) is 0 Å². The first kappa shape index (κ1) is 20.4. The van der Waals surface area contributed by atoms with Gasteiger partial charge in [-0.2, -0.15) is 4.98 Å². The molecule has 162 valence electrons. The molecule has 1 amide bonds. The second-order valence-corrected chi connectivity index (χ2v) is 9.22. The van der Waals surface area contributed by atoms with E-state index in [1.54, 1.807) is 7.11 Å². The second-order valence-electron chi connectivity index (χ2n) is 8.30. The van der Waals surface area contributed by atoms with Crippen LogP contribution in [0.5, 0.6) is 5.75 Å². The molecule has 0 aliphatic carbocycles. The normalized spacial score (nSPS) is 19.9. The number of nitrogens with zero attached hydrogens (tertiary/aromatic N) is 3. The highest BCUT2D eigenvalue weighted by Gasteiger charge is 2.37. The van der Waals surface area contributed by atoms with Crippen LogP contribution < -0.4 is 9.64 Å². The molecule has 7 heteroatoms. The van der Waals surface area contributed by atoms with Gasteiger partial charge in [0.05, 0.1) is 13.2 Å². The van der Waals surface area contributed by atoms with Gasteiger partial charge in [0.25, 0.3) is 6.01 Å². The number of amides is 1. The van der Waals surface area contributed by atoms with Crippen LogP contribution in [0.25, 0.3) is 11.1 Å². The Labute approximate surface area is 190 Å². The van der Waals surface area contributed by atoms with E-state index in [1.165, 1.54) is 0 Å². The van der Waals surface area contributed by atoms with Crippen LogP contribution in [0.4, 0.5) is 6.01 Å². The highest BCUT2D eigenvalue weighted by atomic mass is 79.9. The SMILES string of the molecule is COc1ccc(Br)cc1[C@@H]1CCCN1C(=O)C1CCN(c2nc3ccccc3o2)CC1. The molecule has 0 saturated carbocycles. The summed E-state index contributed by atoms with van der Waals surface area (Å²) in [6.45, 7) is 2.37. The number of oxazole rings is 1. The van der Waals surface area contributed by atoms with Gasteiger partial charge in [-0.1, -0.05) is 28.1 Å². The lowest BCUT2D eigenvalue weighted by Crippen LogP contribution is -2.42. The van der Waals surface area contributed by atoms with Crippen molar-refractivity contribution in [2.24, 2.45) is 5.92 Å². The maximum atomic E-state index is 13.5. The smallest absolute Gasteiger partial charge is 0.298 e. The number of piperidine rings is 1. The molecule has 2 aromatic carbocycles. The van der Waals surface area contributed by atoms with Crippen molar-refractivity contribution < 1.29 is 13.9 Å². The van der Waals surface area contributed by atoms with E-state index in [9.17, 15) is 4.79 Å². The lowest BCUT2D eigenvalue weighted by molar-refractivity contribution is -0.137. The molecule has 2 saturated heterocycles. The second kappa shape index (κ2) is 8.54. The number of rotatable bonds is 4. The first-order valence-corrected chi connectivity index (χ1v) is 11.7. The number of methoxy groups -OCH3 is 1. The molecule has 0 N–H and O–H groups in total. The summed E-state index contributed by atoms with van der Waals surface area (Å²) in [6.07, 6.45) is 3.63. The lowest BCUT2D eigenvalue weighted by atomic mass is 9.94. The zero-order valence-corrected chi connectivity index (χ0v) is 19.2. The van der Waals surface area contributed by atoms with Crippen LogP contribution in [0, 0.1) is 5.92 Å². The van der Waals surface area contributed by atoms with Crippen LogP contribution in [0.1, 0.15) is 37.3 Å². The summed E-state index contributed by atoms with van der Waals surface area (Å²) in [5, 5.41) is 0. The Morgan fingerprint density at radius 1 is 1.13 bits per heavy atom. The van der Waals surface area contributed by atoms with Gasteiger partial charge in [-0.05, 0) is 56.0 Å². The summed E-state index contributed by atoms with van der Waals surface area (Å²) in [5.74, 6) is 1.15. The number of carbonyl (C=O) groups excluding carboxylic acids is 1. The van der Waals surface area contributed by atoms with E-state index in [1.807, 2.05) is 36.4 Å². The number of anilines is 1. The summed E-state index contributed by atoms with van der Waals surface area (Å²) in [5.41, 5.74) is 2.77. The summed E-state index contributed by atoms with van der Waals surface area (Å²) in [6, 6.07) is 14.6. The molecule has 0 radical (unpaired) electrons. The van der Waals surface area contributed by atoms with Crippen molar-refractivity contribution in [2.45, 2.75) is 31.7 Å². The van der Waals surface area contributed by atoms with Crippen LogP contribution in [0.3, 0.4) is 0 Å². The Morgan fingerprint density at radius 2 is 1.94 bits per heavy atom. The van der Waals surface area contributed by atoms with Crippen molar-refractivity contribution in [1.82, 2.24) is 9.88 Å². The Hall–Kier alpha value is -2.54. The van der Waals surface area contributed by atoms with E-state index in [2.05, 4.69) is 36.8 Å². The number of hydrogen-bond donors (Lipinski definition) is 0. The predicted octanol–water partition coefficient (Wildman–Crippen LogP) is 5.18. The molecular formula is C24H26BrN3O3. The minimum atomic E-state index is 0.0411. The number of halogens is 1. The fraction of sp³-hybridized carbons (Fsp3) is 0.417. The highest BCUT2D eigenvalue weighted by Crippen LogP contribution is 2.40. The number of ether oxygens (including phenoxy) is 1. The molecule has 0 unspecified atom stereocenters. The first-order chi connectivity index (χ1) is 15.1. The summed E-state index contributed by atoms with van der Waals surface area (Å²) in [4.78, 5) is 22.3. The maximum absolute atomic E-state index is 13.5. The highest BCUT2D eigenvalue weighted by molar-refractivity contribution is 9.10. The zero-order chi connectivity index (χ0) is 21.4. The van der Waals surface area contributed by atoms with Crippen molar-refractivity contribution in [2.75, 3.05) is 31.6 Å². The average molecular weight is 484 g/mol. The van der Waals surface area contributed by atoms with E-state index >= 15 is 0 Å². The van der Waals surface area contributed by atoms with Crippen molar-refractivity contribution in [1.29, 1.82) is 0 Å². The molecule has 0 spiro atoms. The quantitative estimate of drug-likeness (QED) is 0.511. The number of carbonyl (C=O) groups is 1. The van der Waals surface area contributed by atoms with Gasteiger partial charge in [-0.3, -0.25) is 4.79 Å². The topological polar surface area (TPSA) is 58.8 Å². The van der Waals surface area contributed by atoms with Gasteiger partial charge in [-0.25, -0.2) is 0 Å². The Morgan fingerprint density at radius 3 is 2.71 bits per heavy atom. The molecule has 3 heterocycles. The third-order valence-electron chi connectivity index (χ3n) is 6.48. The molecule has 2 aliphatic heterocycles. The minimum absolute atomic E-state index is 0.0411. The van der Waals surface area contributed by atoms with E-state index < -0.39 is 0 Å². The van der Waals surface area contributed by atoms with E-state index in [4.69, 9.17) is 9.15 Å². The lowest BCUT2D eigenvalue weighted by Gasteiger charge is -2.34. The Kier molecular flexibility index (Phi) is 5.61. The third kappa shape index (κ3) is 3.91. The van der Waals surface area contributed by atoms with Gasteiger partial charge >= 0.3 is 0 Å². The predicted molar refractivity (Wildman–Crippen MR) is 123 cm³/mol. The number of fused-ring (bicyclic) bond motifs is 1. The minimum Gasteiger partial charge on any atom is -0.496 e. The van der Waals surface area contributed by atoms with Crippen LogP contribution >= 0.6 is 15.9 Å². The number of para-hydroxylation sites is 2. The van der Waals surface area contributed by atoms with Crippen molar-refractivity contribution >= 4 is 39.0 Å². The van der Waals surface area contributed by atoms with Gasteiger partial charge in [0.2, 0.25) is 5.91 Å². The monoisotopic (exact) mass is 483 g/mol. The van der Waals surface area contributed by atoms with Crippen LogP contribution in [-0.4, -0.2) is 42.5 Å². The zero-order valence-electron chi connectivity index (χ0n) is 17.6.